The van der Waals surface area contributed by atoms with E-state index in [4.69, 9.17) is 0 Å². The fourth-order valence-corrected chi connectivity index (χ4v) is 5.08. The highest BCUT2D eigenvalue weighted by molar-refractivity contribution is 5.94. The summed E-state index contributed by atoms with van der Waals surface area (Å²) in [7, 11) is 0. The van der Waals surface area contributed by atoms with Crippen LogP contribution in [0.1, 0.15) is 61.0 Å². The molecule has 31 heavy (non-hydrogen) atoms. The Morgan fingerprint density at radius 1 is 1.13 bits per heavy atom. The first-order valence-corrected chi connectivity index (χ1v) is 11.6. The van der Waals surface area contributed by atoms with E-state index in [1.165, 1.54) is 12.8 Å². The van der Waals surface area contributed by atoms with Crippen LogP contribution in [0.3, 0.4) is 0 Å². The Kier molecular flexibility index (Phi) is 6.33. The van der Waals surface area contributed by atoms with Crippen LogP contribution >= 0.6 is 0 Å². The molecule has 1 aliphatic heterocycles. The Labute approximate surface area is 184 Å². The molecule has 0 radical (unpaired) electrons. The number of rotatable bonds is 7. The quantitative estimate of drug-likeness (QED) is 0.694. The number of piperidine rings is 1. The molecule has 1 saturated heterocycles. The Morgan fingerprint density at radius 2 is 1.84 bits per heavy atom. The lowest BCUT2D eigenvalue weighted by Gasteiger charge is -2.44. The molecule has 5 heteroatoms. The summed E-state index contributed by atoms with van der Waals surface area (Å²) in [6, 6.07) is 12.3. The highest BCUT2D eigenvalue weighted by atomic mass is 19.1. The maximum atomic E-state index is 14.3. The summed E-state index contributed by atoms with van der Waals surface area (Å²) in [4.78, 5) is 17.1. The van der Waals surface area contributed by atoms with E-state index < -0.39 is 11.2 Å². The molecule has 1 aliphatic carbocycles. The van der Waals surface area contributed by atoms with E-state index in [-0.39, 0.29) is 11.7 Å². The van der Waals surface area contributed by atoms with E-state index in [0.717, 1.165) is 55.6 Å². The molecule has 1 atom stereocenters. The number of phenolic OH excluding ortho intramolecular Hbond substituents is 1. The maximum absolute atomic E-state index is 14.3. The number of likely N-dealkylation sites (tertiary alicyclic amines) is 1. The molecule has 0 bridgehead atoms. The zero-order chi connectivity index (χ0) is 22.0. The lowest BCUT2D eigenvalue weighted by molar-refractivity contribution is 0.0773. The van der Waals surface area contributed by atoms with Gasteiger partial charge in [0.05, 0.1) is 0 Å². The Balaban J connectivity index is 1.71. The summed E-state index contributed by atoms with van der Waals surface area (Å²) in [5, 5.41) is 10.1. The van der Waals surface area contributed by atoms with Gasteiger partial charge in [0.25, 0.3) is 5.91 Å². The monoisotopic (exact) mass is 424 g/mol. The van der Waals surface area contributed by atoms with Crippen molar-refractivity contribution in [1.82, 2.24) is 9.80 Å². The van der Waals surface area contributed by atoms with Gasteiger partial charge in [-0.3, -0.25) is 4.79 Å². The minimum Gasteiger partial charge on any atom is -0.508 e. The molecule has 4 rings (SSSR count). The van der Waals surface area contributed by atoms with E-state index in [1.54, 1.807) is 12.1 Å². The van der Waals surface area contributed by atoms with Crippen LogP contribution in [-0.4, -0.2) is 53.5 Å². The average Bonchev–Trinajstić information content (AvgIpc) is 3.58. The van der Waals surface area contributed by atoms with Gasteiger partial charge in [-0.25, -0.2) is 4.39 Å². The third kappa shape index (κ3) is 4.62. The van der Waals surface area contributed by atoms with Crippen LogP contribution in [0.25, 0.3) is 0 Å². The summed E-state index contributed by atoms with van der Waals surface area (Å²) in [6.07, 6.45) is 4.50. The lowest BCUT2D eigenvalue weighted by atomic mass is 9.69. The molecule has 2 aromatic carbocycles. The van der Waals surface area contributed by atoms with Gasteiger partial charge < -0.3 is 14.9 Å². The van der Waals surface area contributed by atoms with Crippen molar-refractivity contribution < 1.29 is 14.3 Å². The van der Waals surface area contributed by atoms with Crippen LogP contribution in [0.15, 0.2) is 42.5 Å². The highest BCUT2D eigenvalue weighted by Crippen LogP contribution is 2.43. The summed E-state index contributed by atoms with van der Waals surface area (Å²) < 4.78 is 14.3. The lowest BCUT2D eigenvalue weighted by Crippen LogP contribution is -2.47. The van der Waals surface area contributed by atoms with Crippen LogP contribution in [0.2, 0.25) is 0 Å². The molecule has 2 fully saturated rings. The minimum atomic E-state index is -0.415. The van der Waals surface area contributed by atoms with Crippen molar-refractivity contribution in [2.24, 2.45) is 5.92 Å². The van der Waals surface area contributed by atoms with E-state index in [2.05, 4.69) is 4.90 Å². The average molecular weight is 425 g/mol. The SMILES string of the molecule is CCN(CC)C(=O)c1ccc(C2(c3cc(O)cc(F)c3)CCCN(CC3CC3)C2)cc1. The van der Waals surface area contributed by atoms with Gasteiger partial charge in [0.2, 0.25) is 0 Å². The molecule has 1 N–H and O–H groups in total. The van der Waals surface area contributed by atoms with Crippen molar-refractivity contribution in [1.29, 1.82) is 0 Å². The number of amides is 1. The van der Waals surface area contributed by atoms with Gasteiger partial charge in [0.1, 0.15) is 11.6 Å². The van der Waals surface area contributed by atoms with E-state index in [1.807, 2.05) is 43.0 Å². The highest BCUT2D eigenvalue weighted by Gasteiger charge is 2.40. The molecule has 0 spiro atoms. The fourth-order valence-electron chi connectivity index (χ4n) is 5.08. The van der Waals surface area contributed by atoms with Crippen molar-refractivity contribution in [3.05, 3.63) is 65.0 Å². The zero-order valence-electron chi connectivity index (χ0n) is 18.6. The van der Waals surface area contributed by atoms with E-state index >= 15 is 0 Å². The predicted octanol–water partition coefficient (Wildman–Crippen LogP) is 4.81. The molecule has 2 aromatic rings. The Hall–Kier alpha value is -2.40. The molecule has 4 nitrogen and oxygen atoms in total. The van der Waals surface area contributed by atoms with Crippen LogP contribution in [-0.2, 0) is 5.41 Å². The largest absolute Gasteiger partial charge is 0.508 e. The van der Waals surface area contributed by atoms with Crippen molar-refractivity contribution in [2.75, 3.05) is 32.7 Å². The minimum absolute atomic E-state index is 0.0352. The molecular weight excluding hydrogens is 391 g/mol. The zero-order valence-corrected chi connectivity index (χ0v) is 18.6. The molecule has 0 aromatic heterocycles. The summed E-state index contributed by atoms with van der Waals surface area (Å²) in [6.45, 7) is 8.27. The first-order chi connectivity index (χ1) is 14.9. The second-order valence-corrected chi connectivity index (χ2v) is 9.12. The van der Waals surface area contributed by atoms with Gasteiger partial charge in [-0.1, -0.05) is 12.1 Å². The number of halogens is 1. The topological polar surface area (TPSA) is 43.8 Å². The van der Waals surface area contributed by atoms with Gasteiger partial charge in [-0.2, -0.15) is 0 Å². The fraction of sp³-hybridized carbons (Fsp3) is 0.500. The van der Waals surface area contributed by atoms with Crippen LogP contribution in [0.4, 0.5) is 4.39 Å². The number of carbonyl (C=O) groups is 1. The number of aromatic hydroxyl groups is 1. The van der Waals surface area contributed by atoms with Crippen molar-refractivity contribution >= 4 is 5.91 Å². The number of phenols is 1. The number of carbonyl (C=O) groups excluding carboxylic acids is 1. The van der Waals surface area contributed by atoms with Gasteiger partial charge in [0, 0.05) is 43.2 Å². The normalized spacial score (nSPS) is 21.8. The second kappa shape index (κ2) is 8.99. The first-order valence-electron chi connectivity index (χ1n) is 11.6. The molecule has 1 saturated carbocycles. The van der Waals surface area contributed by atoms with Gasteiger partial charge in [-0.15, -0.1) is 0 Å². The van der Waals surface area contributed by atoms with Crippen LogP contribution in [0, 0.1) is 11.7 Å². The van der Waals surface area contributed by atoms with E-state index in [9.17, 15) is 14.3 Å². The smallest absolute Gasteiger partial charge is 0.253 e. The molecule has 1 heterocycles. The first kappa shape index (κ1) is 21.8. The van der Waals surface area contributed by atoms with E-state index in [0.29, 0.717) is 18.7 Å². The van der Waals surface area contributed by atoms with Gasteiger partial charge in [-0.05, 0) is 87.4 Å². The third-order valence-corrected chi connectivity index (χ3v) is 6.95. The van der Waals surface area contributed by atoms with Gasteiger partial charge in [0.15, 0.2) is 0 Å². The number of hydrogen-bond donors (Lipinski definition) is 1. The Morgan fingerprint density at radius 3 is 2.45 bits per heavy atom. The molecular formula is C26H33FN2O2. The molecule has 2 aliphatic rings. The number of nitrogens with zero attached hydrogens (tertiary/aromatic N) is 2. The van der Waals surface area contributed by atoms with Crippen molar-refractivity contribution in [2.45, 2.75) is 44.9 Å². The molecule has 166 valence electrons. The maximum Gasteiger partial charge on any atom is 0.253 e. The van der Waals surface area contributed by atoms with Crippen LogP contribution in [0.5, 0.6) is 5.75 Å². The second-order valence-electron chi connectivity index (χ2n) is 9.12. The summed E-state index contributed by atoms with van der Waals surface area (Å²) >= 11 is 0. The summed E-state index contributed by atoms with van der Waals surface area (Å²) in [5.74, 6) is 0.364. The van der Waals surface area contributed by atoms with Crippen LogP contribution < -0.4 is 0 Å². The summed E-state index contributed by atoms with van der Waals surface area (Å²) in [5.41, 5.74) is 2.17. The predicted molar refractivity (Wildman–Crippen MR) is 121 cm³/mol. The number of hydrogen-bond acceptors (Lipinski definition) is 3. The van der Waals surface area contributed by atoms with Gasteiger partial charge >= 0.3 is 0 Å². The third-order valence-electron chi connectivity index (χ3n) is 6.95. The van der Waals surface area contributed by atoms with Crippen molar-refractivity contribution in [3.8, 4) is 5.75 Å². The number of benzene rings is 2. The molecule has 1 amide bonds. The standard InChI is InChI=1S/C26H33FN2O2/c1-3-29(4-2)25(31)20-8-10-21(11-9-20)26(22-14-23(27)16-24(30)15-22)12-5-13-28(18-26)17-19-6-7-19/h8-11,14-16,19,30H,3-7,12-13,17-18H2,1-2H3. The van der Waals surface area contributed by atoms with Crippen molar-refractivity contribution in [3.63, 3.8) is 0 Å². The Bertz CT molecular complexity index is 901. The molecule has 1 unspecified atom stereocenters.